The van der Waals surface area contributed by atoms with Gasteiger partial charge in [0, 0.05) is 59.3 Å². The monoisotopic (exact) mass is 419 g/mol. The molecule has 0 aromatic heterocycles. The van der Waals surface area contributed by atoms with Crippen molar-refractivity contribution >= 4 is 17.4 Å². The lowest BCUT2D eigenvalue weighted by atomic mass is 9.78. The van der Waals surface area contributed by atoms with E-state index in [1.54, 1.807) is 0 Å². The van der Waals surface area contributed by atoms with Gasteiger partial charge in [0.15, 0.2) is 0 Å². The highest BCUT2D eigenvalue weighted by Gasteiger charge is 2.44. The number of hydrogen-bond donors (Lipinski definition) is 2. The SMILES string of the molecule is CCN1C(C)(C)CC(=NN=C(N)NN=C2CC(C)(C)N(CC)C(C)(C)C2)CC1(C)C. The topological polar surface area (TPSA) is 81.6 Å². The first-order valence-electron chi connectivity index (χ1n) is 11.4. The van der Waals surface area contributed by atoms with Crippen LogP contribution in [-0.4, -0.2) is 62.4 Å². The van der Waals surface area contributed by atoms with Crippen LogP contribution in [0.3, 0.4) is 0 Å². The summed E-state index contributed by atoms with van der Waals surface area (Å²) in [4.78, 5) is 5.09. The third-order valence-corrected chi connectivity index (χ3v) is 6.73. The van der Waals surface area contributed by atoms with Gasteiger partial charge in [0.2, 0.25) is 5.96 Å². The van der Waals surface area contributed by atoms with Crippen LogP contribution in [0.25, 0.3) is 0 Å². The summed E-state index contributed by atoms with van der Waals surface area (Å²) in [7, 11) is 0. The van der Waals surface area contributed by atoms with Gasteiger partial charge in [0.25, 0.3) is 0 Å². The van der Waals surface area contributed by atoms with Crippen LogP contribution in [0.1, 0.15) is 94.9 Å². The highest BCUT2D eigenvalue weighted by Crippen LogP contribution is 2.37. The van der Waals surface area contributed by atoms with Crippen molar-refractivity contribution in [2.75, 3.05) is 13.1 Å². The van der Waals surface area contributed by atoms with Crippen molar-refractivity contribution in [3.05, 3.63) is 0 Å². The maximum atomic E-state index is 6.09. The molecule has 0 spiro atoms. The number of hydrazone groups is 1. The van der Waals surface area contributed by atoms with E-state index in [-0.39, 0.29) is 28.1 Å². The van der Waals surface area contributed by atoms with Crippen molar-refractivity contribution in [2.24, 2.45) is 21.0 Å². The Balaban J connectivity index is 2.10. The lowest BCUT2D eigenvalue weighted by Gasteiger charge is -2.52. The smallest absolute Gasteiger partial charge is 0.234 e. The second-order valence-electron chi connectivity index (χ2n) is 11.4. The molecule has 0 aromatic rings. The van der Waals surface area contributed by atoms with E-state index in [0.717, 1.165) is 50.2 Å². The number of rotatable bonds is 4. The molecule has 0 saturated carbocycles. The summed E-state index contributed by atoms with van der Waals surface area (Å²) in [6.45, 7) is 24.7. The molecule has 2 rings (SSSR count). The van der Waals surface area contributed by atoms with Gasteiger partial charge >= 0.3 is 0 Å². The number of likely N-dealkylation sites (tertiary alicyclic amines) is 2. The molecule has 3 N–H and O–H groups in total. The van der Waals surface area contributed by atoms with E-state index >= 15 is 0 Å². The summed E-state index contributed by atoms with van der Waals surface area (Å²) in [6.07, 6.45) is 3.61. The van der Waals surface area contributed by atoms with E-state index in [1.807, 2.05) is 0 Å². The van der Waals surface area contributed by atoms with Gasteiger partial charge in [0.05, 0.1) is 0 Å². The van der Waals surface area contributed by atoms with Crippen LogP contribution in [0.15, 0.2) is 15.3 Å². The Hall–Kier alpha value is -1.47. The fourth-order valence-electron chi connectivity index (χ4n) is 6.29. The fourth-order valence-corrected chi connectivity index (χ4v) is 6.29. The summed E-state index contributed by atoms with van der Waals surface area (Å²) >= 11 is 0. The first kappa shape index (κ1) is 24.8. The number of nitrogens with one attached hydrogen (secondary N) is 1. The minimum absolute atomic E-state index is 0.0533. The van der Waals surface area contributed by atoms with E-state index in [9.17, 15) is 0 Å². The molecule has 7 heteroatoms. The molecule has 172 valence electrons. The molecule has 0 aliphatic carbocycles. The van der Waals surface area contributed by atoms with Gasteiger partial charge in [-0.25, -0.2) is 5.43 Å². The van der Waals surface area contributed by atoms with E-state index in [0.29, 0.717) is 0 Å². The Morgan fingerprint density at radius 3 is 1.50 bits per heavy atom. The maximum absolute atomic E-state index is 6.09. The molecule has 0 radical (unpaired) electrons. The predicted octanol–water partition coefficient (Wildman–Crippen LogP) is 3.95. The summed E-state index contributed by atoms with van der Waals surface area (Å²) in [5, 5.41) is 13.4. The molecule has 0 atom stereocenters. The largest absolute Gasteiger partial charge is 0.367 e. The van der Waals surface area contributed by atoms with E-state index in [1.165, 1.54) is 0 Å². The van der Waals surface area contributed by atoms with Gasteiger partial charge in [-0.05, 0) is 68.5 Å². The molecule has 0 unspecified atom stereocenters. The van der Waals surface area contributed by atoms with Gasteiger partial charge in [-0.15, -0.1) is 5.10 Å². The van der Waals surface area contributed by atoms with Crippen LogP contribution >= 0.6 is 0 Å². The standard InChI is InChI=1S/C23H45N7/c1-11-29-20(3,4)13-17(14-21(29,5)6)25-27-19(24)28-26-18-15-22(7,8)30(12-2)23(9,10)16-18/h11-16H2,1-10H3,(H3,24,27,28). The summed E-state index contributed by atoms with van der Waals surface area (Å²) in [5.41, 5.74) is 11.5. The van der Waals surface area contributed by atoms with E-state index < -0.39 is 0 Å². The first-order valence-corrected chi connectivity index (χ1v) is 11.4. The third-order valence-electron chi connectivity index (χ3n) is 6.73. The Labute approximate surface area is 184 Å². The average molecular weight is 420 g/mol. The van der Waals surface area contributed by atoms with Crippen LogP contribution in [0, 0.1) is 0 Å². The molecule has 0 aromatic carbocycles. The zero-order valence-corrected chi connectivity index (χ0v) is 21.1. The van der Waals surface area contributed by atoms with Gasteiger partial charge in [-0.3, -0.25) is 9.80 Å². The van der Waals surface area contributed by atoms with Crippen molar-refractivity contribution in [1.82, 2.24) is 15.2 Å². The zero-order valence-electron chi connectivity index (χ0n) is 21.1. The van der Waals surface area contributed by atoms with Crippen molar-refractivity contribution in [3.63, 3.8) is 0 Å². The molecule has 30 heavy (non-hydrogen) atoms. The number of nitrogens with two attached hydrogens (primary N) is 1. The van der Waals surface area contributed by atoms with Crippen LogP contribution in [0.5, 0.6) is 0 Å². The van der Waals surface area contributed by atoms with Crippen molar-refractivity contribution in [2.45, 2.75) is 117 Å². The Morgan fingerprint density at radius 1 is 0.767 bits per heavy atom. The van der Waals surface area contributed by atoms with Crippen molar-refractivity contribution in [1.29, 1.82) is 0 Å². The molecular weight excluding hydrogens is 374 g/mol. The molecule has 2 aliphatic rings. The van der Waals surface area contributed by atoms with E-state index in [4.69, 9.17) is 5.73 Å². The maximum Gasteiger partial charge on any atom is 0.234 e. The van der Waals surface area contributed by atoms with Crippen molar-refractivity contribution < 1.29 is 0 Å². The second-order valence-corrected chi connectivity index (χ2v) is 11.4. The van der Waals surface area contributed by atoms with Gasteiger partial charge < -0.3 is 5.73 Å². The lowest BCUT2D eigenvalue weighted by Crippen LogP contribution is -2.60. The van der Waals surface area contributed by atoms with Crippen LogP contribution in [0.4, 0.5) is 0 Å². The van der Waals surface area contributed by atoms with Gasteiger partial charge in [-0.1, -0.05) is 13.8 Å². The number of piperidine rings is 2. The molecular formula is C23H45N7. The number of hydrogen-bond acceptors (Lipinski definition) is 5. The molecule has 2 saturated heterocycles. The highest BCUT2D eigenvalue weighted by molar-refractivity contribution is 5.90. The third kappa shape index (κ3) is 5.41. The number of guanidine groups is 1. The molecule has 0 amide bonds. The molecule has 2 heterocycles. The minimum atomic E-state index is 0.0533. The second kappa shape index (κ2) is 8.58. The number of nitrogens with zero attached hydrogens (tertiary/aromatic N) is 5. The molecule has 0 bridgehead atoms. The molecule has 2 aliphatic heterocycles. The van der Waals surface area contributed by atoms with Gasteiger partial charge in [-0.2, -0.15) is 10.2 Å². The fraction of sp³-hybridized carbons (Fsp3) is 0.870. The highest BCUT2D eigenvalue weighted by atomic mass is 15.4. The summed E-state index contributed by atoms with van der Waals surface area (Å²) in [6, 6.07) is 0. The molecule has 7 nitrogen and oxygen atoms in total. The normalized spacial score (nSPS) is 26.4. The van der Waals surface area contributed by atoms with Gasteiger partial charge in [0.1, 0.15) is 0 Å². The summed E-state index contributed by atoms with van der Waals surface area (Å²) in [5.74, 6) is 0.247. The van der Waals surface area contributed by atoms with Crippen LogP contribution in [-0.2, 0) is 0 Å². The lowest BCUT2D eigenvalue weighted by molar-refractivity contribution is 0.0147. The van der Waals surface area contributed by atoms with Crippen molar-refractivity contribution in [3.8, 4) is 0 Å². The summed E-state index contributed by atoms with van der Waals surface area (Å²) < 4.78 is 0. The predicted molar refractivity (Wildman–Crippen MR) is 129 cm³/mol. The average Bonchev–Trinajstić information content (AvgIpc) is 2.54. The van der Waals surface area contributed by atoms with Crippen LogP contribution in [0.2, 0.25) is 0 Å². The van der Waals surface area contributed by atoms with E-state index in [2.05, 4.69) is 99.8 Å². The zero-order chi connectivity index (χ0) is 23.0. The van der Waals surface area contributed by atoms with Crippen LogP contribution < -0.4 is 11.2 Å². The first-order chi connectivity index (χ1) is 13.6. The minimum Gasteiger partial charge on any atom is -0.367 e. The quantitative estimate of drug-likeness (QED) is 0.411. The Morgan fingerprint density at radius 2 is 1.13 bits per heavy atom. The molecule has 2 fully saturated rings. The Kier molecular flexibility index (Phi) is 7.09. The Bertz CT molecular complexity index is 673.